The number of imide groups is 2. The Hall–Kier alpha value is -5.10. The first-order valence-corrected chi connectivity index (χ1v) is 16.3. The molecule has 0 bridgehead atoms. The second-order valence-corrected chi connectivity index (χ2v) is 12.1. The number of unbranched alkanes of at least 4 members (excludes halogenated alkanes) is 4. The molecule has 0 saturated carbocycles. The van der Waals surface area contributed by atoms with Crippen molar-refractivity contribution in [1.82, 2.24) is 15.1 Å². The number of amides is 5. The summed E-state index contributed by atoms with van der Waals surface area (Å²) in [5.74, 6) is -5.39. The van der Waals surface area contributed by atoms with Crippen molar-refractivity contribution in [3.63, 3.8) is 0 Å². The van der Waals surface area contributed by atoms with E-state index in [1.807, 2.05) is 32.9 Å². The molecule has 5 amide bonds. The van der Waals surface area contributed by atoms with E-state index in [0.717, 1.165) is 49.5 Å². The van der Waals surface area contributed by atoms with Crippen LogP contribution < -0.4 is 5.32 Å². The molecule has 0 fully saturated rings. The average Bonchev–Trinajstić information content (AvgIpc) is 3.06. The highest BCUT2D eigenvalue weighted by molar-refractivity contribution is 6.35. The smallest absolute Gasteiger partial charge is 0.303 e. The maximum Gasteiger partial charge on any atom is 0.303 e. The monoisotopic (exact) mass is 641 g/mol. The number of carbonyl (C=O) groups is 6. The molecule has 246 valence electrons. The van der Waals surface area contributed by atoms with Gasteiger partial charge in [-0.25, -0.2) is 0 Å². The Kier molecular flexibility index (Phi) is 11.1. The Labute approximate surface area is 273 Å². The van der Waals surface area contributed by atoms with Gasteiger partial charge in [0.05, 0.1) is 33.4 Å². The molecule has 1 unspecified atom stereocenters. The molecule has 2 atom stereocenters. The minimum atomic E-state index is -1.53. The largest absolute Gasteiger partial charge is 0.481 e. The van der Waals surface area contributed by atoms with Crippen LogP contribution in [0.25, 0.3) is 10.8 Å². The summed E-state index contributed by atoms with van der Waals surface area (Å²) >= 11 is 0. The Morgan fingerprint density at radius 2 is 1.40 bits per heavy atom. The van der Waals surface area contributed by atoms with Gasteiger partial charge in [0.2, 0.25) is 5.91 Å². The van der Waals surface area contributed by atoms with E-state index < -0.39 is 54.4 Å². The van der Waals surface area contributed by atoms with Crippen molar-refractivity contribution >= 4 is 46.3 Å². The second-order valence-electron chi connectivity index (χ2n) is 12.1. The van der Waals surface area contributed by atoms with Crippen molar-refractivity contribution in [1.29, 1.82) is 10.5 Å². The summed E-state index contributed by atoms with van der Waals surface area (Å²) in [7, 11) is 0. The van der Waals surface area contributed by atoms with Crippen LogP contribution in [-0.4, -0.2) is 69.5 Å². The third-order valence-electron chi connectivity index (χ3n) is 9.02. The maximum atomic E-state index is 14.2. The molecule has 4 rings (SSSR count). The molecular weight excluding hydrogens is 602 g/mol. The molecule has 2 aliphatic heterocycles. The standard InChI is InChI=1S/C35H39N5O7/c1-4-7-9-10-14-38-31(43)25(12-13-26(41)42)40-33(45)24-16-21(17-36)27-29-23(15-22(18-37)28(30(24)29)35(40)47)32(44)39(34(27)46)19-20(6-3)11-8-5-2/h15-16,20,25H,4-14,19H2,1-3H3,(H,38,43)(H,41,42)/t20?,25-/m0/s1. The van der Waals surface area contributed by atoms with E-state index in [1.54, 1.807) is 0 Å². The number of aliphatic carboxylic acids is 1. The SMILES string of the molecule is CCCCCCNC(=O)[C@H](CCC(=O)O)N1C(=O)c2cc(C#N)c3c4c(cc(C#N)c(c24)C1=O)C(=O)N(CC(CC)CCCC)C3=O. The summed E-state index contributed by atoms with van der Waals surface area (Å²) in [5, 5.41) is 32.3. The topological polar surface area (TPSA) is 189 Å². The Balaban J connectivity index is 1.87. The van der Waals surface area contributed by atoms with E-state index in [-0.39, 0.29) is 63.2 Å². The number of nitrogens with one attached hydrogen (secondary N) is 1. The number of nitriles is 2. The number of carboxylic acids is 1. The van der Waals surface area contributed by atoms with Crippen LogP contribution in [0.15, 0.2) is 12.1 Å². The number of hydrogen-bond acceptors (Lipinski definition) is 8. The van der Waals surface area contributed by atoms with Gasteiger partial charge >= 0.3 is 5.97 Å². The van der Waals surface area contributed by atoms with E-state index in [4.69, 9.17) is 0 Å². The van der Waals surface area contributed by atoms with Gasteiger partial charge in [-0.2, -0.15) is 10.5 Å². The van der Waals surface area contributed by atoms with Crippen molar-refractivity contribution in [2.24, 2.45) is 5.92 Å². The van der Waals surface area contributed by atoms with Gasteiger partial charge < -0.3 is 10.4 Å². The summed E-state index contributed by atoms with van der Waals surface area (Å²) in [6.45, 7) is 6.40. The Bertz CT molecular complexity index is 1730. The van der Waals surface area contributed by atoms with Gasteiger partial charge in [-0.15, -0.1) is 0 Å². The molecule has 2 N–H and O–H groups in total. The molecule has 47 heavy (non-hydrogen) atoms. The first kappa shape index (κ1) is 34.8. The minimum Gasteiger partial charge on any atom is -0.481 e. The van der Waals surface area contributed by atoms with Gasteiger partial charge in [-0.3, -0.25) is 38.6 Å². The molecule has 2 aromatic carbocycles. The van der Waals surface area contributed by atoms with Crippen LogP contribution in [0.3, 0.4) is 0 Å². The molecule has 2 heterocycles. The van der Waals surface area contributed by atoms with Crippen molar-refractivity contribution in [2.45, 2.75) is 91.0 Å². The van der Waals surface area contributed by atoms with Crippen LogP contribution in [0.1, 0.15) is 138 Å². The van der Waals surface area contributed by atoms with Crippen molar-refractivity contribution in [2.75, 3.05) is 13.1 Å². The lowest BCUT2D eigenvalue weighted by molar-refractivity contribution is -0.137. The van der Waals surface area contributed by atoms with Crippen molar-refractivity contribution in [3.05, 3.63) is 45.5 Å². The highest BCUT2D eigenvalue weighted by atomic mass is 16.4. The minimum absolute atomic E-state index is 0.00975. The van der Waals surface area contributed by atoms with E-state index in [0.29, 0.717) is 17.7 Å². The quantitative estimate of drug-likeness (QED) is 0.189. The highest BCUT2D eigenvalue weighted by Gasteiger charge is 2.46. The predicted octanol–water partition coefficient (Wildman–Crippen LogP) is 4.92. The summed E-state index contributed by atoms with van der Waals surface area (Å²) in [6, 6.07) is 4.73. The van der Waals surface area contributed by atoms with Crippen molar-refractivity contribution < 1.29 is 33.9 Å². The van der Waals surface area contributed by atoms with Crippen LogP contribution in [0, 0.1) is 28.6 Å². The molecule has 0 saturated heterocycles. The number of carboxylic acid groups (broad SMARTS) is 1. The van der Waals surface area contributed by atoms with Crippen LogP contribution >= 0.6 is 0 Å². The highest BCUT2D eigenvalue weighted by Crippen LogP contribution is 2.42. The fourth-order valence-corrected chi connectivity index (χ4v) is 6.45. The molecule has 0 radical (unpaired) electrons. The fourth-order valence-electron chi connectivity index (χ4n) is 6.45. The first-order valence-electron chi connectivity index (χ1n) is 16.3. The van der Waals surface area contributed by atoms with Crippen LogP contribution in [-0.2, 0) is 9.59 Å². The number of carbonyl (C=O) groups excluding carboxylic acids is 5. The zero-order chi connectivity index (χ0) is 34.4. The summed E-state index contributed by atoms with van der Waals surface area (Å²) in [6.07, 6.45) is 5.81. The molecule has 2 aliphatic rings. The van der Waals surface area contributed by atoms with E-state index in [2.05, 4.69) is 5.32 Å². The van der Waals surface area contributed by atoms with Gasteiger partial charge in [0, 0.05) is 30.3 Å². The third-order valence-corrected chi connectivity index (χ3v) is 9.02. The van der Waals surface area contributed by atoms with Gasteiger partial charge in [0.25, 0.3) is 23.6 Å². The predicted molar refractivity (Wildman–Crippen MR) is 170 cm³/mol. The number of hydrogen-bond donors (Lipinski definition) is 2. The van der Waals surface area contributed by atoms with E-state index >= 15 is 0 Å². The number of benzene rings is 2. The van der Waals surface area contributed by atoms with Gasteiger partial charge in [-0.1, -0.05) is 59.3 Å². The maximum absolute atomic E-state index is 14.2. The van der Waals surface area contributed by atoms with E-state index in [1.165, 1.54) is 6.07 Å². The lowest BCUT2D eigenvalue weighted by Gasteiger charge is -2.36. The van der Waals surface area contributed by atoms with Crippen molar-refractivity contribution in [3.8, 4) is 12.1 Å². The van der Waals surface area contributed by atoms with Gasteiger partial charge in [0.15, 0.2) is 0 Å². The summed E-state index contributed by atoms with van der Waals surface area (Å²) in [4.78, 5) is 82.8. The average molecular weight is 642 g/mol. The molecule has 0 spiro atoms. The third kappa shape index (κ3) is 6.59. The molecular formula is C35H39N5O7. The molecule has 0 aliphatic carbocycles. The Morgan fingerprint density at radius 3 is 1.96 bits per heavy atom. The van der Waals surface area contributed by atoms with Gasteiger partial charge in [0.1, 0.15) is 18.2 Å². The molecule has 2 aromatic rings. The molecule has 12 heteroatoms. The molecule has 12 nitrogen and oxygen atoms in total. The molecule has 0 aromatic heterocycles. The van der Waals surface area contributed by atoms with Gasteiger partial charge in [-0.05, 0) is 37.3 Å². The first-order chi connectivity index (χ1) is 22.6. The lowest BCUT2D eigenvalue weighted by Crippen LogP contribution is -2.54. The van der Waals surface area contributed by atoms with Crippen LogP contribution in [0.2, 0.25) is 0 Å². The zero-order valence-electron chi connectivity index (χ0n) is 27.0. The number of nitrogens with zero attached hydrogens (tertiary/aromatic N) is 4. The second kappa shape index (κ2) is 15.0. The summed E-state index contributed by atoms with van der Waals surface area (Å²) < 4.78 is 0. The number of rotatable bonds is 16. The lowest BCUT2D eigenvalue weighted by atomic mass is 9.81. The zero-order valence-corrected chi connectivity index (χ0v) is 27.0. The van der Waals surface area contributed by atoms with E-state index in [9.17, 15) is 44.4 Å². The Morgan fingerprint density at radius 1 is 0.809 bits per heavy atom. The summed E-state index contributed by atoms with van der Waals surface area (Å²) in [5.41, 5.74) is -1.15. The van der Waals surface area contributed by atoms with Crippen LogP contribution in [0.5, 0.6) is 0 Å². The normalized spacial score (nSPS) is 15.0. The van der Waals surface area contributed by atoms with Crippen LogP contribution in [0.4, 0.5) is 0 Å². The fraction of sp³-hybridized carbons (Fsp3) is 0.486.